The Bertz CT molecular complexity index is 699. The van der Waals surface area contributed by atoms with Crippen LogP contribution < -0.4 is 16.0 Å². The lowest BCUT2D eigenvalue weighted by Crippen LogP contribution is -2.43. The van der Waals surface area contributed by atoms with Crippen molar-refractivity contribution in [3.63, 3.8) is 0 Å². The Labute approximate surface area is 143 Å². The molecule has 0 heterocycles. The summed E-state index contributed by atoms with van der Waals surface area (Å²) in [6, 6.07) is 5.19. The average molecular weight is 354 g/mol. The van der Waals surface area contributed by atoms with E-state index in [4.69, 9.17) is 0 Å². The third-order valence-electron chi connectivity index (χ3n) is 3.31. The van der Waals surface area contributed by atoms with Gasteiger partial charge in [-0.2, -0.15) is 0 Å². The van der Waals surface area contributed by atoms with E-state index >= 15 is 0 Å². The van der Waals surface area contributed by atoms with Crippen molar-refractivity contribution in [2.45, 2.75) is 31.7 Å². The Balaban J connectivity index is 2.58. The highest BCUT2D eigenvalue weighted by molar-refractivity contribution is 7.90. The van der Waals surface area contributed by atoms with Crippen molar-refractivity contribution >= 4 is 21.7 Å². The molecule has 0 saturated heterocycles. The Kier molecular flexibility index (Phi) is 7.70. The minimum absolute atomic E-state index is 0.0897. The van der Waals surface area contributed by atoms with Crippen molar-refractivity contribution in [1.29, 1.82) is 0 Å². The van der Waals surface area contributed by atoms with Gasteiger partial charge in [0.25, 0.3) is 0 Å². The standard InChI is InChI=1S/C16H26N4O3S/c1-5-8-18-15(21)11-20-16(17-3)19-10-13-6-7-14(12(2)9-13)24(4,22)23/h6-7,9H,5,8,10-11H2,1-4H3,(H,18,21)(H2,17,19,20). The summed E-state index contributed by atoms with van der Waals surface area (Å²) in [5, 5.41) is 8.79. The smallest absolute Gasteiger partial charge is 0.239 e. The van der Waals surface area contributed by atoms with Crippen molar-refractivity contribution in [2.24, 2.45) is 4.99 Å². The highest BCUT2D eigenvalue weighted by atomic mass is 32.2. The average Bonchev–Trinajstić information content (AvgIpc) is 2.51. The fourth-order valence-electron chi connectivity index (χ4n) is 2.13. The summed E-state index contributed by atoms with van der Waals surface area (Å²) in [6.45, 7) is 5.03. The van der Waals surface area contributed by atoms with Gasteiger partial charge in [-0.15, -0.1) is 0 Å². The number of hydrogen-bond donors (Lipinski definition) is 3. The van der Waals surface area contributed by atoms with Crippen LogP contribution in [0.5, 0.6) is 0 Å². The molecule has 1 aromatic rings. The molecule has 1 rings (SSSR count). The van der Waals surface area contributed by atoms with Crippen molar-refractivity contribution in [1.82, 2.24) is 16.0 Å². The van der Waals surface area contributed by atoms with Crippen LogP contribution in [-0.2, 0) is 21.2 Å². The highest BCUT2D eigenvalue weighted by Crippen LogP contribution is 2.16. The fourth-order valence-corrected chi connectivity index (χ4v) is 3.09. The number of nitrogens with one attached hydrogen (secondary N) is 3. The molecule has 0 aliphatic rings. The van der Waals surface area contributed by atoms with Crippen LogP contribution in [0.15, 0.2) is 28.1 Å². The maximum atomic E-state index is 11.6. The molecule has 0 aliphatic carbocycles. The molecule has 0 atom stereocenters. The molecule has 24 heavy (non-hydrogen) atoms. The lowest BCUT2D eigenvalue weighted by Gasteiger charge is -2.13. The molecule has 0 unspecified atom stereocenters. The van der Waals surface area contributed by atoms with Gasteiger partial charge < -0.3 is 16.0 Å². The van der Waals surface area contributed by atoms with E-state index < -0.39 is 9.84 Å². The molecule has 0 spiro atoms. The summed E-state index contributed by atoms with van der Waals surface area (Å²) in [4.78, 5) is 15.9. The number of benzene rings is 1. The van der Waals surface area contributed by atoms with Gasteiger partial charge in [0.05, 0.1) is 11.4 Å². The fraction of sp³-hybridized carbons (Fsp3) is 0.500. The second-order valence-corrected chi connectivity index (χ2v) is 7.49. The van der Waals surface area contributed by atoms with E-state index in [-0.39, 0.29) is 12.5 Å². The molecular formula is C16H26N4O3S. The zero-order valence-corrected chi connectivity index (χ0v) is 15.5. The van der Waals surface area contributed by atoms with E-state index in [1.807, 2.05) is 13.0 Å². The minimum Gasteiger partial charge on any atom is -0.355 e. The van der Waals surface area contributed by atoms with Crippen molar-refractivity contribution in [3.05, 3.63) is 29.3 Å². The van der Waals surface area contributed by atoms with Crippen LogP contribution in [0, 0.1) is 6.92 Å². The maximum absolute atomic E-state index is 11.6. The van der Waals surface area contributed by atoms with Crippen LogP contribution in [-0.4, -0.2) is 46.7 Å². The van der Waals surface area contributed by atoms with E-state index in [0.29, 0.717) is 29.5 Å². The maximum Gasteiger partial charge on any atom is 0.239 e. The number of sulfone groups is 1. The topological polar surface area (TPSA) is 99.7 Å². The molecule has 0 radical (unpaired) electrons. The quantitative estimate of drug-likeness (QED) is 0.492. The lowest BCUT2D eigenvalue weighted by molar-refractivity contribution is -0.120. The van der Waals surface area contributed by atoms with E-state index in [1.54, 1.807) is 26.1 Å². The molecule has 134 valence electrons. The number of guanidine groups is 1. The van der Waals surface area contributed by atoms with Crippen LogP contribution in [0.25, 0.3) is 0 Å². The minimum atomic E-state index is -3.21. The number of aryl methyl sites for hydroxylation is 1. The molecule has 3 N–H and O–H groups in total. The molecule has 1 aromatic carbocycles. The lowest BCUT2D eigenvalue weighted by atomic mass is 10.1. The van der Waals surface area contributed by atoms with Crippen LogP contribution in [0.2, 0.25) is 0 Å². The summed E-state index contributed by atoms with van der Waals surface area (Å²) >= 11 is 0. The monoisotopic (exact) mass is 354 g/mol. The molecule has 1 amide bonds. The summed E-state index contributed by atoms with van der Waals surface area (Å²) in [6.07, 6.45) is 2.09. The highest BCUT2D eigenvalue weighted by Gasteiger charge is 2.11. The second-order valence-electron chi connectivity index (χ2n) is 5.50. The van der Waals surface area contributed by atoms with E-state index in [9.17, 15) is 13.2 Å². The normalized spacial score (nSPS) is 11.9. The van der Waals surface area contributed by atoms with Crippen LogP contribution >= 0.6 is 0 Å². The summed E-state index contributed by atoms with van der Waals surface area (Å²) in [5.74, 6) is 0.416. The molecule has 7 nitrogen and oxygen atoms in total. The third kappa shape index (κ3) is 6.57. The van der Waals surface area contributed by atoms with Gasteiger partial charge in [-0.25, -0.2) is 8.42 Å². The molecule has 8 heteroatoms. The number of nitrogens with zero attached hydrogens (tertiary/aromatic N) is 1. The number of hydrogen-bond acceptors (Lipinski definition) is 4. The van der Waals surface area contributed by atoms with Gasteiger partial charge in [0.2, 0.25) is 5.91 Å². The summed E-state index contributed by atoms with van der Waals surface area (Å²) < 4.78 is 23.2. The first-order valence-corrected chi connectivity index (χ1v) is 9.67. The molecule has 0 fully saturated rings. The van der Waals surface area contributed by atoms with E-state index in [0.717, 1.165) is 12.0 Å². The van der Waals surface area contributed by atoms with Gasteiger partial charge in [-0.3, -0.25) is 9.79 Å². The van der Waals surface area contributed by atoms with Crippen LogP contribution in [0.1, 0.15) is 24.5 Å². The molecule has 0 aromatic heterocycles. The molecule has 0 bridgehead atoms. The number of carbonyl (C=O) groups excluding carboxylic acids is 1. The number of aliphatic imine (C=N–C) groups is 1. The second kappa shape index (κ2) is 9.27. The van der Waals surface area contributed by atoms with Gasteiger partial charge in [0.1, 0.15) is 0 Å². The first-order chi connectivity index (χ1) is 11.3. The molecule has 0 saturated carbocycles. The van der Waals surface area contributed by atoms with Crippen molar-refractivity contribution < 1.29 is 13.2 Å². The van der Waals surface area contributed by atoms with E-state index in [2.05, 4.69) is 20.9 Å². The zero-order chi connectivity index (χ0) is 18.2. The third-order valence-corrected chi connectivity index (χ3v) is 4.57. The Morgan fingerprint density at radius 1 is 1.21 bits per heavy atom. The SMILES string of the molecule is CCCNC(=O)CNC(=NC)NCc1ccc(S(C)(=O)=O)c(C)c1. The summed E-state index contributed by atoms with van der Waals surface area (Å²) in [7, 11) is -1.59. The first-order valence-electron chi connectivity index (χ1n) is 7.78. The van der Waals surface area contributed by atoms with Gasteiger partial charge in [0, 0.05) is 26.4 Å². The number of rotatable bonds is 7. The van der Waals surface area contributed by atoms with Gasteiger partial charge >= 0.3 is 0 Å². The van der Waals surface area contributed by atoms with Gasteiger partial charge in [-0.05, 0) is 30.5 Å². The Hall–Kier alpha value is -2.09. The number of amides is 1. The van der Waals surface area contributed by atoms with Crippen LogP contribution in [0.3, 0.4) is 0 Å². The zero-order valence-electron chi connectivity index (χ0n) is 14.6. The van der Waals surface area contributed by atoms with Crippen LogP contribution in [0.4, 0.5) is 0 Å². The Morgan fingerprint density at radius 2 is 1.92 bits per heavy atom. The van der Waals surface area contributed by atoms with E-state index in [1.165, 1.54) is 6.26 Å². The van der Waals surface area contributed by atoms with Gasteiger partial charge in [0.15, 0.2) is 15.8 Å². The largest absolute Gasteiger partial charge is 0.355 e. The summed E-state index contributed by atoms with van der Waals surface area (Å²) in [5.41, 5.74) is 1.64. The molecule has 0 aliphatic heterocycles. The molecular weight excluding hydrogens is 328 g/mol. The predicted molar refractivity (Wildman–Crippen MR) is 95.8 cm³/mol. The Morgan fingerprint density at radius 3 is 2.46 bits per heavy atom. The predicted octanol–water partition coefficient (Wildman–Crippen LogP) is 0.590. The van der Waals surface area contributed by atoms with Crippen molar-refractivity contribution in [2.75, 3.05) is 26.4 Å². The van der Waals surface area contributed by atoms with Gasteiger partial charge in [-0.1, -0.05) is 19.1 Å². The van der Waals surface area contributed by atoms with Crippen molar-refractivity contribution in [3.8, 4) is 0 Å². The number of carbonyl (C=O) groups is 1. The first kappa shape index (κ1) is 20.0.